The molecular formula is C23H18NO+. The zero-order chi connectivity index (χ0) is 16.8. The van der Waals surface area contributed by atoms with Crippen LogP contribution in [0.1, 0.15) is 25.0 Å². The molecule has 3 aromatic carbocycles. The van der Waals surface area contributed by atoms with E-state index < -0.39 is 0 Å². The van der Waals surface area contributed by atoms with Crippen LogP contribution in [0.3, 0.4) is 0 Å². The van der Waals surface area contributed by atoms with Crippen LogP contribution in [0.4, 0.5) is 0 Å². The van der Waals surface area contributed by atoms with Gasteiger partial charge in [0.2, 0.25) is 5.69 Å². The second-order valence-electron chi connectivity index (χ2n) is 7.69. The Kier molecular flexibility index (Phi) is 2.26. The summed E-state index contributed by atoms with van der Waals surface area (Å²) in [6.45, 7) is 5.23. The number of hydrogen-bond acceptors (Lipinski definition) is 1. The van der Waals surface area contributed by atoms with Gasteiger partial charge in [0.15, 0.2) is 6.20 Å². The highest BCUT2D eigenvalue weighted by Crippen LogP contribution is 2.54. The number of hydrogen-bond donors (Lipinski definition) is 0. The van der Waals surface area contributed by atoms with E-state index in [0.29, 0.717) is 6.73 Å². The van der Waals surface area contributed by atoms with Crippen molar-refractivity contribution in [3.8, 4) is 17.0 Å². The van der Waals surface area contributed by atoms with Gasteiger partial charge in [0.25, 0.3) is 6.73 Å². The van der Waals surface area contributed by atoms with Gasteiger partial charge in [-0.1, -0.05) is 38.1 Å². The van der Waals surface area contributed by atoms with E-state index >= 15 is 0 Å². The molecule has 1 aliphatic heterocycles. The van der Waals surface area contributed by atoms with Gasteiger partial charge in [-0.25, -0.2) is 0 Å². The van der Waals surface area contributed by atoms with Gasteiger partial charge in [-0.15, -0.1) is 0 Å². The van der Waals surface area contributed by atoms with Crippen molar-refractivity contribution >= 4 is 21.5 Å². The van der Waals surface area contributed by atoms with E-state index in [1.807, 2.05) is 0 Å². The molecule has 0 amide bonds. The minimum atomic E-state index is -0.00401. The van der Waals surface area contributed by atoms with E-state index in [2.05, 4.69) is 79.2 Å². The van der Waals surface area contributed by atoms with Gasteiger partial charge in [0.05, 0.1) is 5.56 Å². The van der Waals surface area contributed by atoms with E-state index in [9.17, 15) is 0 Å². The Bertz CT molecular complexity index is 1220. The number of fused-ring (bicyclic) bond motifs is 3. The monoisotopic (exact) mass is 324 g/mol. The van der Waals surface area contributed by atoms with Gasteiger partial charge in [0.1, 0.15) is 5.75 Å². The molecule has 0 saturated carbocycles. The summed E-state index contributed by atoms with van der Waals surface area (Å²) in [6, 6.07) is 19.9. The van der Waals surface area contributed by atoms with Gasteiger partial charge in [-0.05, 0) is 46.0 Å². The molecule has 1 aromatic heterocycles. The quantitative estimate of drug-likeness (QED) is 0.330. The molecule has 120 valence electrons. The standard InChI is InChI=1S/C23H18NO/c1-23(2)18-8-5-9-24-13-25-22-17-11-15-7-4-3-6-14(15)10-16(17)12-19(23)20(22)21(18)24/h3-12H,13H2,1-2H3/q+1. The predicted molar refractivity (Wildman–Crippen MR) is 99.8 cm³/mol. The van der Waals surface area contributed by atoms with Crippen LogP contribution in [-0.4, -0.2) is 0 Å². The minimum Gasteiger partial charge on any atom is -0.434 e. The molecule has 2 nitrogen and oxygen atoms in total. The minimum absolute atomic E-state index is 0.00401. The van der Waals surface area contributed by atoms with Crippen molar-refractivity contribution in [3.05, 3.63) is 71.9 Å². The van der Waals surface area contributed by atoms with Crippen molar-refractivity contribution in [2.24, 2.45) is 0 Å². The molecule has 0 bridgehead atoms. The first-order valence-electron chi connectivity index (χ1n) is 8.81. The Morgan fingerprint density at radius 1 is 0.880 bits per heavy atom. The van der Waals surface area contributed by atoms with Gasteiger partial charge in [-0.3, -0.25) is 0 Å². The SMILES string of the molecule is CC1(C)c2cc3cc4ccccc4cc3c3c2-c2c1ccc[n+]2CO3. The Morgan fingerprint density at radius 3 is 2.52 bits per heavy atom. The van der Waals surface area contributed by atoms with Crippen molar-refractivity contribution in [2.45, 2.75) is 26.0 Å². The van der Waals surface area contributed by atoms with Crippen molar-refractivity contribution in [2.75, 3.05) is 0 Å². The maximum atomic E-state index is 6.28. The summed E-state index contributed by atoms with van der Waals surface area (Å²) in [4.78, 5) is 0. The van der Waals surface area contributed by atoms with Crippen molar-refractivity contribution in [1.82, 2.24) is 0 Å². The van der Waals surface area contributed by atoms with E-state index in [1.54, 1.807) is 0 Å². The third-order valence-electron chi connectivity index (χ3n) is 5.96. The largest absolute Gasteiger partial charge is 0.434 e. The lowest BCUT2D eigenvalue weighted by Gasteiger charge is -2.21. The van der Waals surface area contributed by atoms with E-state index in [0.717, 1.165) is 5.75 Å². The number of nitrogens with zero attached hydrogens (tertiary/aromatic N) is 1. The highest BCUT2D eigenvalue weighted by molar-refractivity contribution is 6.05. The third-order valence-corrected chi connectivity index (χ3v) is 5.96. The van der Waals surface area contributed by atoms with Crippen molar-refractivity contribution < 1.29 is 9.30 Å². The second-order valence-corrected chi connectivity index (χ2v) is 7.69. The number of ether oxygens (including phenoxy) is 1. The van der Waals surface area contributed by atoms with Gasteiger partial charge in [0, 0.05) is 22.4 Å². The predicted octanol–water partition coefficient (Wildman–Crippen LogP) is 4.94. The normalized spacial score (nSPS) is 16.1. The third kappa shape index (κ3) is 1.53. The van der Waals surface area contributed by atoms with Crippen LogP contribution >= 0.6 is 0 Å². The molecule has 2 heterocycles. The molecule has 0 radical (unpaired) electrons. The van der Waals surface area contributed by atoms with Crippen LogP contribution < -0.4 is 9.30 Å². The molecule has 0 spiro atoms. The highest BCUT2D eigenvalue weighted by atomic mass is 16.5. The average molecular weight is 324 g/mol. The lowest BCUT2D eigenvalue weighted by atomic mass is 9.82. The molecule has 1 aliphatic carbocycles. The highest BCUT2D eigenvalue weighted by Gasteiger charge is 2.45. The van der Waals surface area contributed by atoms with E-state index in [4.69, 9.17) is 4.74 Å². The molecule has 2 heteroatoms. The summed E-state index contributed by atoms with van der Waals surface area (Å²) in [7, 11) is 0. The molecule has 0 fully saturated rings. The van der Waals surface area contributed by atoms with E-state index in [-0.39, 0.29) is 5.41 Å². The maximum Gasteiger partial charge on any atom is 0.292 e. The summed E-state index contributed by atoms with van der Waals surface area (Å²) >= 11 is 0. The number of pyridine rings is 1. The molecule has 4 aromatic rings. The Balaban J connectivity index is 1.83. The molecule has 6 rings (SSSR count). The lowest BCUT2D eigenvalue weighted by molar-refractivity contribution is -0.717. The van der Waals surface area contributed by atoms with E-state index in [1.165, 1.54) is 43.9 Å². The first-order valence-corrected chi connectivity index (χ1v) is 8.81. The zero-order valence-corrected chi connectivity index (χ0v) is 14.3. The van der Waals surface area contributed by atoms with Crippen LogP contribution in [0, 0.1) is 0 Å². The maximum absolute atomic E-state index is 6.28. The number of aromatic nitrogens is 1. The summed E-state index contributed by atoms with van der Waals surface area (Å²) in [5.41, 5.74) is 5.39. The first kappa shape index (κ1) is 13.4. The summed E-state index contributed by atoms with van der Waals surface area (Å²) in [5.74, 6) is 1.05. The summed E-state index contributed by atoms with van der Waals surface area (Å²) in [6.07, 6.45) is 2.12. The Hall–Kier alpha value is -2.87. The Labute approximate surface area is 146 Å². The average Bonchev–Trinajstić information content (AvgIpc) is 2.86. The summed E-state index contributed by atoms with van der Waals surface area (Å²) < 4.78 is 8.52. The first-order chi connectivity index (χ1) is 12.1. The smallest absolute Gasteiger partial charge is 0.292 e. The molecule has 0 N–H and O–H groups in total. The fourth-order valence-corrected chi connectivity index (χ4v) is 4.66. The topological polar surface area (TPSA) is 13.1 Å². The van der Waals surface area contributed by atoms with Gasteiger partial charge in [-0.2, -0.15) is 4.57 Å². The van der Waals surface area contributed by atoms with Gasteiger partial charge >= 0.3 is 0 Å². The fraction of sp³-hybridized carbons (Fsp3) is 0.174. The van der Waals surface area contributed by atoms with Crippen LogP contribution in [0.15, 0.2) is 60.8 Å². The molecule has 0 atom stereocenters. The van der Waals surface area contributed by atoms with Crippen molar-refractivity contribution in [1.29, 1.82) is 0 Å². The molecule has 0 saturated heterocycles. The summed E-state index contributed by atoms with van der Waals surface area (Å²) in [5, 5.41) is 5.03. The molecular weight excluding hydrogens is 306 g/mol. The van der Waals surface area contributed by atoms with Crippen molar-refractivity contribution in [3.63, 3.8) is 0 Å². The van der Waals surface area contributed by atoms with Crippen LogP contribution in [-0.2, 0) is 12.1 Å². The lowest BCUT2D eigenvalue weighted by Crippen LogP contribution is -2.41. The molecule has 0 unspecified atom stereocenters. The number of rotatable bonds is 0. The molecule has 25 heavy (non-hydrogen) atoms. The molecule has 2 aliphatic rings. The van der Waals surface area contributed by atoms with Crippen LogP contribution in [0.2, 0.25) is 0 Å². The Morgan fingerprint density at radius 2 is 1.68 bits per heavy atom. The van der Waals surface area contributed by atoms with Crippen LogP contribution in [0.5, 0.6) is 5.75 Å². The van der Waals surface area contributed by atoms with Crippen LogP contribution in [0.25, 0.3) is 32.8 Å². The van der Waals surface area contributed by atoms with Gasteiger partial charge < -0.3 is 4.74 Å². The fourth-order valence-electron chi connectivity index (χ4n) is 4.66. The zero-order valence-electron chi connectivity index (χ0n) is 14.3. The number of benzene rings is 3. The second kappa shape index (κ2) is 4.20.